The molecule has 2 amide bonds. The van der Waals surface area contributed by atoms with Crippen molar-refractivity contribution in [1.29, 1.82) is 0 Å². The summed E-state index contributed by atoms with van der Waals surface area (Å²) < 4.78 is 6.91. The molecular formula is C24H22N6O3S. The number of carbonyl (C=O) groups is 2. The second-order valence-corrected chi connectivity index (χ2v) is 8.12. The standard InChI is InChI=1S/C24H22N6O3S/c1-33-21-10-6-5-9-20(21)26-23(32)18-11-13-19(14-12-18)25-22(31)16-34-24-27-28-29-30(24)15-17-7-3-2-4-8-17/h2-14H,15-16H2,1H3,(H,25,31)(H,26,32). The van der Waals surface area contributed by atoms with E-state index in [1.165, 1.54) is 11.8 Å². The molecule has 0 radical (unpaired) electrons. The Balaban J connectivity index is 1.30. The molecule has 0 aliphatic carbocycles. The molecule has 0 aliphatic heterocycles. The molecule has 2 N–H and O–H groups in total. The smallest absolute Gasteiger partial charge is 0.255 e. The molecule has 1 aromatic heterocycles. The molecule has 1 heterocycles. The SMILES string of the molecule is COc1ccccc1NC(=O)c1ccc(NC(=O)CSc2nnnn2Cc2ccccc2)cc1. The minimum atomic E-state index is -0.275. The van der Waals surface area contributed by atoms with E-state index in [0.29, 0.717) is 34.4 Å². The number of rotatable bonds is 9. The number of anilines is 2. The van der Waals surface area contributed by atoms with E-state index in [9.17, 15) is 9.59 Å². The molecule has 10 heteroatoms. The van der Waals surface area contributed by atoms with Crippen LogP contribution < -0.4 is 15.4 Å². The number of benzene rings is 3. The number of ether oxygens (including phenoxy) is 1. The molecule has 4 rings (SSSR count). The lowest BCUT2D eigenvalue weighted by molar-refractivity contribution is -0.113. The van der Waals surface area contributed by atoms with E-state index in [2.05, 4.69) is 26.2 Å². The van der Waals surface area contributed by atoms with Gasteiger partial charge in [-0.2, -0.15) is 0 Å². The van der Waals surface area contributed by atoms with E-state index in [1.54, 1.807) is 48.2 Å². The molecule has 0 fully saturated rings. The highest BCUT2D eigenvalue weighted by Gasteiger charge is 2.12. The summed E-state index contributed by atoms with van der Waals surface area (Å²) in [5.74, 6) is 0.242. The molecule has 172 valence electrons. The number of nitrogens with one attached hydrogen (secondary N) is 2. The summed E-state index contributed by atoms with van der Waals surface area (Å²) in [4.78, 5) is 24.9. The summed E-state index contributed by atoms with van der Waals surface area (Å²) in [6.45, 7) is 0.524. The number of para-hydroxylation sites is 2. The summed E-state index contributed by atoms with van der Waals surface area (Å²) in [5.41, 5.74) is 2.69. The van der Waals surface area contributed by atoms with Gasteiger partial charge < -0.3 is 15.4 Å². The summed E-state index contributed by atoms with van der Waals surface area (Å²) in [6.07, 6.45) is 0. The van der Waals surface area contributed by atoms with Gasteiger partial charge in [0.25, 0.3) is 5.91 Å². The zero-order valence-corrected chi connectivity index (χ0v) is 19.2. The number of tetrazole rings is 1. The maximum atomic E-state index is 12.5. The van der Waals surface area contributed by atoms with Gasteiger partial charge >= 0.3 is 0 Å². The Labute approximate surface area is 200 Å². The van der Waals surface area contributed by atoms with E-state index in [0.717, 1.165) is 5.56 Å². The largest absolute Gasteiger partial charge is 0.495 e. The van der Waals surface area contributed by atoms with Crippen LogP contribution in [0.4, 0.5) is 11.4 Å². The summed E-state index contributed by atoms with van der Waals surface area (Å²) in [7, 11) is 1.55. The number of hydrogen-bond acceptors (Lipinski definition) is 7. The summed E-state index contributed by atoms with van der Waals surface area (Å²) >= 11 is 1.25. The molecule has 0 atom stereocenters. The number of methoxy groups -OCH3 is 1. The van der Waals surface area contributed by atoms with Crippen LogP contribution in [0.5, 0.6) is 5.75 Å². The minimum absolute atomic E-state index is 0.144. The van der Waals surface area contributed by atoms with Crippen LogP contribution in [-0.4, -0.2) is 44.9 Å². The molecule has 0 aliphatic rings. The summed E-state index contributed by atoms with van der Waals surface area (Å²) in [5, 5.41) is 17.9. The average Bonchev–Trinajstić information content (AvgIpc) is 3.31. The van der Waals surface area contributed by atoms with Crippen molar-refractivity contribution in [2.45, 2.75) is 11.7 Å². The maximum absolute atomic E-state index is 12.5. The fourth-order valence-corrected chi connectivity index (χ4v) is 3.81. The van der Waals surface area contributed by atoms with Gasteiger partial charge in [-0.3, -0.25) is 9.59 Å². The lowest BCUT2D eigenvalue weighted by atomic mass is 10.2. The predicted molar refractivity (Wildman–Crippen MR) is 130 cm³/mol. The van der Waals surface area contributed by atoms with Crippen molar-refractivity contribution in [1.82, 2.24) is 20.2 Å². The second kappa shape index (κ2) is 11.1. The second-order valence-electron chi connectivity index (χ2n) is 7.17. The van der Waals surface area contributed by atoms with Gasteiger partial charge in [0.15, 0.2) is 0 Å². The van der Waals surface area contributed by atoms with Crippen molar-refractivity contribution in [3.8, 4) is 5.75 Å². The zero-order chi connectivity index (χ0) is 23.8. The molecule has 0 spiro atoms. The molecule has 0 bridgehead atoms. The van der Waals surface area contributed by atoms with Crippen LogP contribution in [0.3, 0.4) is 0 Å². The quantitative estimate of drug-likeness (QED) is 0.356. The first-order valence-electron chi connectivity index (χ1n) is 10.4. The highest BCUT2D eigenvalue weighted by Crippen LogP contribution is 2.24. The molecule has 34 heavy (non-hydrogen) atoms. The Morgan fingerprint density at radius 2 is 1.68 bits per heavy atom. The van der Waals surface area contributed by atoms with Crippen LogP contribution in [-0.2, 0) is 11.3 Å². The normalized spacial score (nSPS) is 10.5. The lowest BCUT2D eigenvalue weighted by Crippen LogP contribution is -2.16. The number of aromatic nitrogens is 4. The third kappa shape index (κ3) is 5.99. The Hall–Kier alpha value is -4.18. The fraction of sp³-hybridized carbons (Fsp3) is 0.125. The minimum Gasteiger partial charge on any atom is -0.495 e. The van der Waals surface area contributed by atoms with Crippen LogP contribution in [0.25, 0.3) is 0 Å². The monoisotopic (exact) mass is 474 g/mol. The Morgan fingerprint density at radius 1 is 0.941 bits per heavy atom. The molecule has 9 nitrogen and oxygen atoms in total. The lowest BCUT2D eigenvalue weighted by Gasteiger charge is -2.10. The highest BCUT2D eigenvalue weighted by molar-refractivity contribution is 7.99. The van der Waals surface area contributed by atoms with Gasteiger partial charge in [0.05, 0.1) is 25.1 Å². The predicted octanol–water partition coefficient (Wildman–Crippen LogP) is 3.71. The van der Waals surface area contributed by atoms with Gasteiger partial charge in [0.2, 0.25) is 11.1 Å². The number of carbonyl (C=O) groups excluding carboxylic acids is 2. The Kier molecular flexibility index (Phi) is 7.51. The van der Waals surface area contributed by atoms with E-state index in [4.69, 9.17) is 4.74 Å². The van der Waals surface area contributed by atoms with Crippen LogP contribution >= 0.6 is 11.8 Å². The topological polar surface area (TPSA) is 111 Å². The van der Waals surface area contributed by atoms with Gasteiger partial charge in [0.1, 0.15) is 5.75 Å². The van der Waals surface area contributed by atoms with Crippen LogP contribution in [0.2, 0.25) is 0 Å². The number of amides is 2. The Bertz CT molecular complexity index is 1260. The molecule has 0 saturated carbocycles. The van der Waals surface area contributed by atoms with Gasteiger partial charge in [-0.05, 0) is 52.4 Å². The first-order chi connectivity index (χ1) is 16.6. The third-order valence-electron chi connectivity index (χ3n) is 4.79. The number of nitrogens with zero attached hydrogens (tertiary/aromatic N) is 4. The first kappa shape index (κ1) is 23.0. The van der Waals surface area contributed by atoms with Crippen LogP contribution in [0.15, 0.2) is 84.0 Å². The molecule has 0 saturated heterocycles. The van der Waals surface area contributed by atoms with E-state index < -0.39 is 0 Å². The molecule has 4 aromatic rings. The average molecular weight is 475 g/mol. The first-order valence-corrected chi connectivity index (χ1v) is 11.4. The van der Waals surface area contributed by atoms with Gasteiger partial charge in [-0.1, -0.05) is 54.2 Å². The van der Waals surface area contributed by atoms with E-state index >= 15 is 0 Å². The molecule has 0 unspecified atom stereocenters. The van der Waals surface area contributed by atoms with Gasteiger partial charge in [-0.25, -0.2) is 4.68 Å². The van der Waals surface area contributed by atoms with Crippen molar-refractivity contribution < 1.29 is 14.3 Å². The molecular weight excluding hydrogens is 452 g/mol. The number of thioether (sulfide) groups is 1. The molecule has 3 aromatic carbocycles. The number of hydrogen-bond donors (Lipinski definition) is 2. The van der Waals surface area contributed by atoms with Gasteiger partial charge in [-0.15, -0.1) is 5.10 Å². The maximum Gasteiger partial charge on any atom is 0.255 e. The van der Waals surface area contributed by atoms with Gasteiger partial charge in [0, 0.05) is 11.3 Å². The third-order valence-corrected chi connectivity index (χ3v) is 5.75. The van der Waals surface area contributed by atoms with Crippen LogP contribution in [0.1, 0.15) is 15.9 Å². The Morgan fingerprint density at radius 3 is 2.44 bits per heavy atom. The van der Waals surface area contributed by atoms with Crippen molar-refractivity contribution >= 4 is 35.0 Å². The van der Waals surface area contributed by atoms with Crippen molar-refractivity contribution in [2.24, 2.45) is 0 Å². The highest BCUT2D eigenvalue weighted by atomic mass is 32.2. The zero-order valence-electron chi connectivity index (χ0n) is 18.3. The van der Waals surface area contributed by atoms with Crippen molar-refractivity contribution in [3.05, 3.63) is 90.0 Å². The van der Waals surface area contributed by atoms with Crippen molar-refractivity contribution in [3.63, 3.8) is 0 Å². The van der Waals surface area contributed by atoms with Crippen LogP contribution in [0, 0.1) is 0 Å². The van der Waals surface area contributed by atoms with E-state index in [-0.39, 0.29) is 17.6 Å². The fourth-order valence-electron chi connectivity index (χ4n) is 3.13. The van der Waals surface area contributed by atoms with E-state index in [1.807, 2.05) is 42.5 Å². The summed E-state index contributed by atoms with van der Waals surface area (Å²) in [6, 6.07) is 23.7. The van der Waals surface area contributed by atoms with Crippen molar-refractivity contribution in [2.75, 3.05) is 23.5 Å².